The van der Waals surface area contributed by atoms with Gasteiger partial charge >= 0.3 is 12.0 Å². The van der Waals surface area contributed by atoms with Gasteiger partial charge in [0, 0.05) is 6.54 Å². The van der Waals surface area contributed by atoms with Crippen molar-refractivity contribution in [3.63, 3.8) is 0 Å². The number of para-hydroxylation sites is 1. The SMILES string of the molecule is CC1(C(=O)O)CCCN1C(=O)Nc1nc2ccccc2s1. The normalized spacial score (nSPS) is 21.7. The van der Waals surface area contributed by atoms with Crippen LogP contribution in [0.25, 0.3) is 10.2 Å². The number of urea groups is 1. The van der Waals surface area contributed by atoms with E-state index in [2.05, 4.69) is 10.3 Å². The zero-order valence-corrected chi connectivity index (χ0v) is 12.3. The highest BCUT2D eigenvalue weighted by atomic mass is 32.1. The highest BCUT2D eigenvalue weighted by molar-refractivity contribution is 7.22. The lowest BCUT2D eigenvalue weighted by atomic mass is 10.00. The second kappa shape index (κ2) is 5.00. The fourth-order valence-electron chi connectivity index (χ4n) is 2.60. The molecule has 21 heavy (non-hydrogen) atoms. The van der Waals surface area contributed by atoms with Crippen molar-refractivity contribution in [2.45, 2.75) is 25.3 Å². The molecule has 2 heterocycles. The third kappa shape index (κ3) is 2.33. The molecule has 1 atom stereocenters. The summed E-state index contributed by atoms with van der Waals surface area (Å²) in [5.74, 6) is -0.973. The first-order valence-corrected chi connectivity index (χ1v) is 7.50. The highest BCUT2D eigenvalue weighted by Gasteiger charge is 2.46. The molecule has 1 unspecified atom stereocenters. The van der Waals surface area contributed by atoms with E-state index in [4.69, 9.17) is 0 Å². The minimum atomic E-state index is -1.14. The van der Waals surface area contributed by atoms with Crippen LogP contribution in [-0.2, 0) is 4.79 Å². The van der Waals surface area contributed by atoms with Crippen LogP contribution in [0.2, 0.25) is 0 Å². The minimum absolute atomic E-state index is 0.406. The van der Waals surface area contributed by atoms with Crippen LogP contribution in [0.15, 0.2) is 24.3 Å². The maximum atomic E-state index is 12.3. The smallest absolute Gasteiger partial charge is 0.329 e. The molecule has 0 bridgehead atoms. The largest absolute Gasteiger partial charge is 0.480 e. The first-order valence-electron chi connectivity index (χ1n) is 6.68. The van der Waals surface area contributed by atoms with Crippen molar-refractivity contribution >= 4 is 38.7 Å². The number of likely N-dealkylation sites (tertiary alicyclic amines) is 1. The molecule has 2 aromatic rings. The molecule has 1 aliphatic heterocycles. The summed E-state index contributed by atoms with van der Waals surface area (Å²) in [5.41, 5.74) is -0.318. The number of aromatic nitrogens is 1. The molecular formula is C14H15N3O3S. The topological polar surface area (TPSA) is 82.5 Å². The van der Waals surface area contributed by atoms with Gasteiger partial charge in [-0.3, -0.25) is 5.32 Å². The summed E-state index contributed by atoms with van der Waals surface area (Å²) >= 11 is 1.38. The lowest BCUT2D eigenvalue weighted by Crippen LogP contribution is -2.52. The van der Waals surface area contributed by atoms with E-state index < -0.39 is 17.5 Å². The number of carbonyl (C=O) groups is 2. The Hall–Kier alpha value is -2.15. The van der Waals surface area contributed by atoms with Gasteiger partial charge in [0.1, 0.15) is 5.54 Å². The molecule has 1 fully saturated rings. The average Bonchev–Trinajstić information content (AvgIpc) is 3.02. The first kappa shape index (κ1) is 13.8. The number of rotatable bonds is 2. The van der Waals surface area contributed by atoms with E-state index in [9.17, 15) is 14.7 Å². The Bertz CT molecular complexity index is 681. The van der Waals surface area contributed by atoms with Crippen LogP contribution in [-0.4, -0.2) is 39.1 Å². The number of fused-ring (bicyclic) bond motifs is 1. The van der Waals surface area contributed by atoms with Crippen LogP contribution in [0.3, 0.4) is 0 Å². The predicted octanol–water partition coefficient (Wildman–Crippen LogP) is 2.77. The second-order valence-corrected chi connectivity index (χ2v) is 6.28. The van der Waals surface area contributed by atoms with Gasteiger partial charge in [-0.25, -0.2) is 14.6 Å². The summed E-state index contributed by atoms with van der Waals surface area (Å²) in [5, 5.41) is 12.5. The summed E-state index contributed by atoms with van der Waals surface area (Å²) < 4.78 is 0.982. The number of carbonyl (C=O) groups excluding carboxylic acids is 1. The number of carboxylic acids is 1. The molecule has 6 nitrogen and oxygen atoms in total. The van der Waals surface area contributed by atoms with Gasteiger partial charge in [-0.05, 0) is 31.9 Å². The van der Waals surface area contributed by atoms with E-state index in [1.165, 1.54) is 16.2 Å². The number of aliphatic carboxylic acids is 1. The molecular weight excluding hydrogens is 290 g/mol. The molecule has 0 aliphatic carbocycles. The van der Waals surface area contributed by atoms with Crippen molar-refractivity contribution < 1.29 is 14.7 Å². The number of carboxylic acid groups (broad SMARTS) is 1. The summed E-state index contributed by atoms with van der Waals surface area (Å²) in [7, 11) is 0. The van der Waals surface area contributed by atoms with Gasteiger partial charge < -0.3 is 10.0 Å². The maximum absolute atomic E-state index is 12.3. The number of benzene rings is 1. The summed E-state index contributed by atoms with van der Waals surface area (Å²) in [6, 6.07) is 7.19. The van der Waals surface area contributed by atoms with E-state index in [1.54, 1.807) is 6.92 Å². The third-order valence-electron chi connectivity index (χ3n) is 3.85. The Morgan fingerprint density at radius 3 is 2.90 bits per heavy atom. The van der Waals surface area contributed by atoms with Gasteiger partial charge in [0.15, 0.2) is 5.13 Å². The van der Waals surface area contributed by atoms with E-state index in [-0.39, 0.29) is 0 Å². The molecule has 0 spiro atoms. The molecule has 0 radical (unpaired) electrons. The second-order valence-electron chi connectivity index (χ2n) is 5.25. The van der Waals surface area contributed by atoms with Gasteiger partial charge in [-0.15, -0.1) is 0 Å². The Balaban J connectivity index is 1.81. The molecule has 7 heteroatoms. The van der Waals surface area contributed by atoms with Crippen molar-refractivity contribution in [3.8, 4) is 0 Å². The van der Waals surface area contributed by atoms with Crippen LogP contribution in [0, 0.1) is 0 Å². The Morgan fingerprint density at radius 2 is 2.19 bits per heavy atom. The zero-order chi connectivity index (χ0) is 15.0. The number of thiazole rings is 1. The molecule has 1 aromatic carbocycles. The lowest BCUT2D eigenvalue weighted by Gasteiger charge is -2.30. The van der Waals surface area contributed by atoms with Gasteiger partial charge in [-0.1, -0.05) is 23.5 Å². The van der Waals surface area contributed by atoms with Crippen LogP contribution in [0.4, 0.5) is 9.93 Å². The molecule has 2 amide bonds. The van der Waals surface area contributed by atoms with Crippen molar-refractivity contribution in [3.05, 3.63) is 24.3 Å². The average molecular weight is 305 g/mol. The summed E-state index contributed by atoms with van der Waals surface area (Å²) in [6.07, 6.45) is 1.16. The standard InChI is InChI=1S/C14H15N3O3S/c1-14(11(18)19)7-4-8-17(14)13(20)16-12-15-9-5-2-3-6-10(9)21-12/h2-3,5-6H,4,7-8H2,1H3,(H,18,19)(H,15,16,20). The van der Waals surface area contributed by atoms with Crippen LogP contribution in [0.1, 0.15) is 19.8 Å². The zero-order valence-electron chi connectivity index (χ0n) is 11.5. The number of hydrogen-bond donors (Lipinski definition) is 2. The fourth-order valence-corrected chi connectivity index (χ4v) is 3.45. The van der Waals surface area contributed by atoms with E-state index >= 15 is 0 Å². The van der Waals surface area contributed by atoms with Gasteiger partial charge in [0.2, 0.25) is 0 Å². The number of anilines is 1. The highest BCUT2D eigenvalue weighted by Crippen LogP contribution is 2.31. The first-order chi connectivity index (χ1) is 10.0. The number of amides is 2. The number of nitrogens with one attached hydrogen (secondary N) is 1. The van der Waals surface area contributed by atoms with Crippen molar-refractivity contribution in [2.24, 2.45) is 0 Å². The fraction of sp³-hybridized carbons (Fsp3) is 0.357. The van der Waals surface area contributed by atoms with Crippen molar-refractivity contribution in [1.29, 1.82) is 0 Å². The number of hydrogen-bond acceptors (Lipinski definition) is 4. The van der Waals surface area contributed by atoms with E-state index in [1.807, 2.05) is 24.3 Å². The van der Waals surface area contributed by atoms with Gasteiger partial charge in [0.25, 0.3) is 0 Å². The van der Waals surface area contributed by atoms with Gasteiger partial charge in [-0.2, -0.15) is 0 Å². The molecule has 1 aliphatic rings. The lowest BCUT2D eigenvalue weighted by molar-refractivity contribution is -0.146. The Kier molecular flexibility index (Phi) is 3.29. The predicted molar refractivity (Wildman–Crippen MR) is 80.6 cm³/mol. The Morgan fingerprint density at radius 1 is 1.43 bits per heavy atom. The van der Waals surface area contributed by atoms with Crippen molar-refractivity contribution in [2.75, 3.05) is 11.9 Å². The van der Waals surface area contributed by atoms with Crippen LogP contribution < -0.4 is 5.32 Å². The van der Waals surface area contributed by atoms with E-state index in [0.717, 1.165) is 10.2 Å². The van der Waals surface area contributed by atoms with Crippen LogP contribution in [0.5, 0.6) is 0 Å². The molecule has 1 saturated heterocycles. The minimum Gasteiger partial charge on any atom is -0.480 e. The Labute approximate surface area is 125 Å². The maximum Gasteiger partial charge on any atom is 0.329 e. The molecule has 2 N–H and O–H groups in total. The quantitative estimate of drug-likeness (QED) is 0.893. The third-order valence-corrected chi connectivity index (χ3v) is 4.81. The number of nitrogens with zero attached hydrogens (tertiary/aromatic N) is 2. The van der Waals surface area contributed by atoms with Gasteiger partial charge in [0.05, 0.1) is 10.2 Å². The molecule has 0 saturated carbocycles. The monoisotopic (exact) mass is 305 g/mol. The summed E-state index contributed by atoms with van der Waals surface area (Å²) in [4.78, 5) is 29.4. The molecule has 110 valence electrons. The molecule has 3 rings (SSSR count). The van der Waals surface area contributed by atoms with Crippen LogP contribution >= 0.6 is 11.3 Å². The van der Waals surface area contributed by atoms with Crippen molar-refractivity contribution in [1.82, 2.24) is 9.88 Å². The van der Waals surface area contributed by atoms with E-state index in [0.29, 0.717) is 24.5 Å². The molecule has 1 aromatic heterocycles. The summed E-state index contributed by atoms with van der Waals surface area (Å²) in [6.45, 7) is 2.03.